The molecule has 2 amide bonds. The molecule has 9 heteroatoms. The zero-order valence-corrected chi connectivity index (χ0v) is 20.1. The molecule has 0 radical (unpaired) electrons. The summed E-state index contributed by atoms with van der Waals surface area (Å²) in [4.78, 5) is 38.1. The number of primary amides is 1. The number of benzene rings is 1. The first kappa shape index (κ1) is 24.8. The van der Waals surface area contributed by atoms with E-state index in [-0.39, 0.29) is 18.7 Å². The number of imidazole rings is 1. The standard InChI is InChI=1S/C26H33FN6O2/c1-33-13-10-26(27,11-14-33)25(35)32-21(5-3-2-4-6-23(28)34)24-30-17-22(31-24)19-8-7-18-9-12-29-16-20(18)15-19/h7-9,12,15-17,21H,2-6,10-11,13-14H2,1H3,(H2,28,34)(H,30,31)(H,32,35)/t21-/m0/s1. The van der Waals surface area contributed by atoms with Gasteiger partial charge in [0.25, 0.3) is 5.91 Å². The van der Waals surface area contributed by atoms with E-state index in [1.54, 1.807) is 12.4 Å². The van der Waals surface area contributed by atoms with Crippen LogP contribution in [0.15, 0.2) is 42.9 Å². The second kappa shape index (κ2) is 10.9. The van der Waals surface area contributed by atoms with Gasteiger partial charge in [0.2, 0.25) is 5.91 Å². The summed E-state index contributed by atoms with van der Waals surface area (Å²) in [5.74, 6) is -0.314. The van der Waals surface area contributed by atoms with Crippen molar-refractivity contribution in [2.75, 3.05) is 20.1 Å². The van der Waals surface area contributed by atoms with E-state index in [4.69, 9.17) is 5.73 Å². The number of nitrogens with two attached hydrogens (primary N) is 1. The van der Waals surface area contributed by atoms with E-state index in [1.165, 1.54) is 0 Å². The molecule has 8 nitrogen and oxygen atoms in total. The number of likely N-dealkylation sites (tertiary alicyclic amines) is 1. The van der Waals surface area contributed by atoms with Crippen LogP contribution >= 0.6 is 0 Å². The van der Waals surface area contributed by atoms with Crippen LogP contribution in [-0.4, -0.2) is 57.5 Å². The predicted molar refractivity (Wildman–Crippen MR) is 133 cm³/mol. The number of piperidine rings is 1. The first-order chi connectivity index (χ1) is 16.8. The van der Waals surface area contributed by atoms with E-state index in [0.29, 0.717) is 38.2 Å². The Labute approximate surface area is 204 Å². The number of nitrogens with one attached hydrogen (secondary N) is 2. The molecule has 186 valence electrons. The molecular formula is C26H33FN6O2. The highest BCUT2D eigenvalue weighted by atomic mass is 19.1. The third-order valence-corrected chi connectivity index (χ3v) is 6.78. The van der Waals surface area contributed by atoms with Crippen molar-refractivity contribution in [2.24, 2.45) is 5.73 Å². The Morgan fingerprint density at radius 1 is 1.17 bits per heavy atom. The van der Waals surface area contributed by atoms with Gasteiger partial charge in [-0.2, -0.15) is 0 Å². The van der Waals surface area contributed by atoms with Crippen molar-refractivity contribution < 1.29 is 14.0 Å². The van der Waals surface area contributed by atoms with Crippen molar-refractivity contribution in [3.05, 3.63) is 48.7 Å². The third-order valence-electron chi connectivity index (χ3n) is 6.78. The summed E-state index contributed by atoms with van der Waals surface area (Å²) in [7, 11) is 1.93. The Balaban J connectivity index is 1.50. The van der Waals surface area contributed by atoms with Gasteiger partial charge in [-0.25, -0.2) is 9.37 Å². The zero-order chi connectivity index (χ0) is 24.8. The maximum atomic E-state index is 15.4. The monoisotopic (exact) mass is 480 g/mol. The topological polar surface area (TPSA) is 117 Å². The predicted octanol–water partition coefficient (Wildman–Crippen LogP) is 3.65. The average Bonchev–Trinajstić information content (AvgIpc) is 3.34. The van der Waals surface area contributed by atoms with Crippen molar-refractivity contribution in [3.8, 4) is 11.3 Å². The largest absolute Gasteiger partial charge is 0.370 e. The summed E-state index contributed by atoms with van der Waals surface area (Å²) in [6.45, 7) is 1.09. The first-order valence-electron chi connectivity index (χ1n) is 12.2. The zero-order valence-electron chi connectivity index (χ0n) is 20.1. The molecule has 1 fully saturated rings. The SMILES string of the molecule is CN1CCC(F)(C(=O)N[C@@H](CCCCCC(N)=O)c2ncc(-c3ccc4ccncc4c3)[nH]2)CC1. The molecule has 35 heavy (non-hydrogen) atoms. The van der Waals surface area contributed by atoms with Gasteiger partial charge in [-0.1, -0.05) is 25.0 Å². The van der Waals surface area contributed by atoms with E-state index in [2.05, 4.69) is 20.3 Å². The Bertz CT molecular complexity index is 1170. The Hall–Kier alpha value is -3.33. The summed E-state index contributed by atoms with van der Waals surface area (Å²) < 4.78 is 15.4. The van der Waals surface area contributed by atoms with Gasteiger partial charge in [0.05, 0.1) is 17.9 Å². The van der Waals surface area contributed by atoms with E-state index >= 15 is 4.39 Å². The molecule has 0 bridgehead atoms. The normalized spacial score (nSPS) is 16.7. The number of nitrogens with zero attached hydrogens (tertiary/aromatic N) is 3. The number of aromatic amines is 1. The number of fused-ring (bicyclic) bond motifs is 1. The molecule has 1 atom stereocenters. The van der Waals surface area contributed by atoms with Gasteiger partial charge in [0.1, 0.15) is 5.82 Å². The molecule has 4 N–H and O–H groups in total. The van der Waals surface area contributed by atoms with Crippen molar-refractivity contribution in [1.29, 1.82) is 0 Å². The number of pyridine rings is 1. The number of alkyl halides is 1. The molecule has 3 aromatic rings. The van der Waals surface area contributed by atoms with Crippen LogP contribution in [-0.2, 0) is 9.59 Å². The minimum Gasteiger partial charge on any atom is -0.370 e. The van der Waals surface area contributed by atoms with Gasteiger partial charge in [-0.05, 0) is 37.4 Å². The number of halogens is 1. The summed E-state index contributed by atoms with van der Waals surface area (Å²) in [6, 6.07) is 7.56. The van der Waals surface area contributed by atoms with Crippen LogP contribution in [0.25, 0.3) is 22.0 Å². The Kier molecular flexibility index (Phi) is 7.75. The summed E-state index contributed by atoms with van der Waals surface area (Å²) in [6.07, 6.45) is 8.79. The Morgan fingerprint density at radius 3 is 2.74 bits per heavy atom. The van der Waals surface area contributed by atoms with Crippen LogP contribution in [0, 0.1) is 0 Å². The number of hydrogen-bond donors (Lipinski definition) is 3. The van der Waals surface area contributed by atoms with E-state index in [0.717, 1.165) is 34.9 Å². The van der Waals surface area contributed by atoms with Crippen molar-refractivity contribution in [3.63, 3.8) is 0 Å². The molecule has 1 saturated heterocycles. The minimum atomic E-state index is -1.88. The lowest BCUT2D eigenvalue weighted by molar-refractivity contribution is -0.136. The molecule has 0 unspecified atom stereocenters. The molecular weight excluding hydrogens is 447 g/mol. The summed E-state index contributed by atoms with van der Waals surface area (Å²) in [5.41, 5.74) is 5.12. The van der Waals surface area contributed by atoms with E-state index in [9.17, 15) is 9.59 Å². The molecule has 3 heterocycles. The highest BCUT2D eigenvalue weighted by Gasteiger charge is 2.42. The fourth-order valence-corrected chi connectivity index (χ4v) is 4.50. The van der Waals surface area contributed by atoms with E-state index in [1.807, 2.05) is 42.4 Å². The molecule has 0 saturated carbocycles. The fraction of sp³-hybridized carbons (Fsp3) is 0.462. The summed E-state index contributed by atoms with van der Waals surface area (Å²) >= 11 is 0. The van der Waals surface area contributed by atoms with Gasteiger partial charge in [-0.15, -0.1) is 0 Å². The second-order valence-corrected chi connectivity index (χ2v) is 9.48. The number of rotatable bonds is 10. The lowest BCUT2D eigenvalue weighted by atomic mass is 9.92. The van der Waals surface area contributed by atoms with E-state index < -0.39 is 17.6 Å². The second-order valence-electron chi connectivity index (χ2n) is 9.48. The quantitative estimate of drug-likeness (QED) is 0.383. The Morgan fingerprint density at radius 2 is 1.97 bits per heavy atom. The smallest absolute Gasteiger partial charge is 0.258 e. The molecule has 2 aromatic heterocycles. The van der Waals surface area contributed by atoms with Crippen LogP contribution in [0.1, 0.15) is 56.8 Å². The maximum absolute atomic E-state index is 15.4. The molecule has 1 aliphatic rings. The van der Waals surface area contributed by atoms with Gasteiger partial charge in [0, 0.05) is 55.7 Å². The van der Waals surface area contributed by atoms with Crippen LogP contribution < -0.4 is 11.1 Å². The number of hydrogen-bond acceptors (Lipinski definition) is 5. The highest BCUT2D eigenvalue weighted by Crippen LogP contribution is 2.29. The van der Waals surface area contributed by atoms with Crippen molar-refractivity contribution in [1.82, 2.24) is 25.2 Å². The lowest BCUT2D eigenvalue weighted by Crippen LogP contribution is -2.51. The average molecular weight is 481 g/mol. The number of aromatic nitrogens is 3. The molecule has 4 rings (SSSR count). The maximum Gasteiger partial charge on any atom is 0.258 e. The fourth-order valence-electron chi connectivity index (χ4n) is 4.50. The molecule has 0 aliphatic carbocycles. The van der Waals surface area contributed by atoms with Crippen molar-refractivity contribution >= 4 is 22.6 Å². The highest BCUT2D eigenvalue weighted by molar-refractivity contribution is 5.86. The van der Waals surface area contributed by atoms with Crippen LogP contribution in [0.4, 0.5) is 4.39 Å². The number of H-pyrrole nitrogens is 1. The minimum absolute atomic E-state index is 0.176. The summed E-state index contributed by atoms with van der Waals surface area (Å²) in [5, 5.41) is 5.03. The van der Waals surface area contributed by atoms with Crippen LogP contribution in [0.3, 0.4) is 0 Å². The molecule has 1 aromatic carbocycles. The van der Waals surface area contributed by atoms with Crippen LogP contribution in [0.5, 0.6) is 0 Å². The number of unbranched alkanes of at least 4 members (excludes halogenated alkanes) is 2. The molecule has 0 spiro atoms. The number of amides is 2. The van der Waals surface area contributed by atoms with Crippen molar-refractivity contribution in [2.45, 2.75) is 56.7 Å². The van der Waals surface area contributed by atoms with Gasteiger partial charge < -0.3 is 20.9 Å². The van der Waals surface area contributed by atoms with Gasteiger partial charge in [0.15, 0.2) is 5.67 Å². The van der Waals surface area contributed by atoms with Gasteiger partial charge in [-0.3, -0.25) is 14.6 Å². The van der Waals surface area contributed by atoms with Crippen LogP contribution in [0.2, 0.25) is 0 Å². The third kappa shape index (κ3) is 6.22. The number of carbonyl (C=O) groups excluding carboxylic acids is 2. The number of carbonyl (C=O) groups is 2. The van der Waals surface area contributed by atoms with Gasteiger partial charge >= 0.3 is 0 Å². The first-order valence-corrected chi connectivity index (χ1v) is 12.2. The molecule has 1 aliphatic heterocycles. The lowest BCUT2D eigenvalue weighted by Gasteiger charge is -2.34.